The van der Waals surface area contributed by atoms with Crippen molar-refractivity contribution >= 4 is 27.8 Å². The summed E-state index contributed by atoms with van der Waals surface area (Å²) in [7, 11) is 1.31. The van der Waals surface area contributed by atoms with E-state index in [0.29, 0.717) is 12.1 Å². The second kappa shape index (κ2) is 7.16. The number of carbonyl (C=O) groups is 2. The molecule has 0 aromatic heterocycles. The molecule has 0 bridgehead atoms. The average molecular weight is 314 g/mol. The van der Waals surface area contributed by atoms with Crippen LogP contribution in [0.3, 0.4) is 0 Å². The summed E-state index contributed by atoms with van der Waals surface area (Å²) >= 11 is 3.34. The third kappa shape index (κ3) is 3.84. The number of hydrogen-bond acceptors (Lipinski definition) is 3. The van der Waals surface area contributed by atoms with Gasteiger partial charge in [0.25, 0.3) is 5.91 Å². The molecule has 0 fully saturated rings. The average Bonchev–Trinajstić information content (AvgIpc) is 2.38. The smallest absolute Gasteiger partial charge is 0.325 e. The van der Waals surface area contributed by atoms with Gasteiger partial charge < -0.3 is 9.64 Å². The Labute approximate surface area is 115 Å². The normalized spacial score (nSPS) is 9.94. The fourth-order valence-corrected chi connectivity index (χ4v) is 2.00. The van der Waals surface area contributed by atoms with Gasteiger partial charge in [-0.1, -0.05) is 19.1 Å². The first-order valence-corrected chi connectivity index (χ1v) is 6.50. The van der Waals surface area contributed by atoms with Crippen LogP contribution in [-0.4, -0.2) is 37.0 Å². The minimum absolute atomic E-state index is 0.0233. The Morgan fingerprint density at radius 3 is 2.56 bits per heavy atom. The highest BCUT2D eigenvalue weighted by Gasteiger charge is 2.19. The topological polar surface area (TPSA) is 46.6 Å². The highest BCUT2D eigenvalue weighted by molar-refractivity contribution is 9.10. The molecule has 0 radical (unpaired) electrons. The maximum Gasteiger partial charge on any atom is 0.325 e. The van der Waals surface area contributed by atoms with E-state index in [4.69, 9.17) is 0 Å². The van der Waals surface area contributed by atoms with Crippen molar-refractivity contribution in [1.29, 1.82) is 0 Å². The van der Waals surface area contributed by atoms with Crippen LogP contribution in [0.1, 0.15) is 23.7 Å². The van der Waals surface area contributed by atoms with E-state index in [1.165, 1.54) is 12.0 Å². The van der Waals surface area contributed by atoms with E-state index in [1.807, 2.05) is 13.0 Å². The molecule has 0 saturated carbocycles. The summed E-state index contributed by atoms with van der Waals surface area (Å²) in [5.74, 6) is -0.585. The first-order valence-electron chi connectivity index (χ1n) is 5.70. The zero-order chi connectivity index (χ0) is 13.5. The van der Waals surface area contributed by atoms with Gasteiger partial charge >= 0.3 is 5.97 Å². The summed E-state index contributed by atoms with van der Waals surface area (Å²) in [4.78, 5) is 25.1. The van der Waals surface area contributed by atoms with Crippen LogP contribution in [-0.2, 0) is 9.53 Å². The number of amides is 1. The predicted octanol–water partition coefficient (Wildman–Crippen LogP) is 2.47. The number of rotatable bonds is 5. The second-order valence-electron chi connectivity index (χ2n) is 3.78. The molecule has 1 rings (SSSR count). The van der Waals surface area contributed by atoms with Gasteiger partial charge in [0.1, 0.15) is 6.54 Å². The molecule has 1 aromatic carbocycles. The van der Waals surface area contributed by atoms with Crippen molar-refractivity contribution in [3.8, 4) is 0 Å². The van der Waals surface area contributed by atoms with Crippen LogP contribution in [0.25, 0.3) is 0 Å². The minimum atomic E-state index is -0.413. The van der Waals surface area contributed by atoms with Gasteiger partial charge in [0, 0.05) is 11.0 Å². The molecule has 0 saturated heterocycles. The lowest BCUT2D eigenvalue weighted by atomic mass is 10.2. The summed E-state index contributed by atoms with van der Waals surface area (Å²) in [5, 5.41) is 0. The lowest BCUT2D eigenvalue weighted by Gasteiger charge is -2.21. The Morgan fingerprint density at radius 1 is 1.33 bits per heavy atom. The Balaban J connectivity index is 2.89. The zero-order valence-electron chi connectivity index (χ0n) is 10.5. The third-order valence-corrected chi connectivity index (χ3v) is 3.12. The quantitative estimate of drug-likeness (QED) is 0.785. The molecular formula is C13H16BrNO3. The van der Waals surface area contributed by atoms with Crippen LogP contribution < -0.4 is 0 Å². The van der Waals surface area contributed by atoms with Gasteiger partial charge in [-0.15, -0.1) is 0 Å². The highest BCUT2D eigenvalue weighted by atomic mass is 79.9. The van der Waals surface area contributed by atoms with Gasteiger partial charge in [-0.2, -0.15) is 0 Å². The summed E-state index contributed by atoms with van der Waals surface area (Å²) in [6.45, 7) is 2.46. The summed E-state index contributed by atoms with van der Waals surface area (Å²) in [5.41, 5.74) is 0.551. The molecule has 5 heteroatoms. The van der Waals surface area contributed by atoms with Gasteiger partial charge in [0.2, 0.25) is 0 Å². The van der Waals surface area contributed by atoms with E-state index >= 15 is 0 Å². The standard InChI is InChI=1S/C13H16BrNO3/c1-3-8-15(9-12(16)18-2)13(17)10-6-4-5-7-11(10)14/h4-7H,3,8-9H2,1-2H3. The van der Waals surface area contributed by atoms with Crippen molar-refractivity contribution in [2.45, 2.75) is 13.3 Å². The third-order valence-electron chi connectivity index (χ3n) is 2.43. The number of esters is 1. The molecule has 18 heavy (non-hydrogen) atoms. The lowest BCUT2D eigenvalue weighted by Crippen LogP contribution is -2.36. The molecule has 0 aliphatic rings. The van der Waals surface area contributed by atoms with Gasteiger partial charge in [0.05, 0.1) is 12.7 Å². The highest BCUT2D eigenvalue weighted by Crippen LogP contribution is 2.18. The van der Waals surface area contributed by atoms with Gasteiger partial charge in [-0.25, -0.2) is 0 Å². The number of carbonyl (C=O) groups excluding carboxylic acids is 2. The van der Waals surface area contributed by atoms with Crippen LogP contribution in [0.4, 0.5) is 0 Å². The van der Waals surface area contributed by atoms with E-state index in [2.05, 4.69) is 20.7 Å². The Kier molecular flexibility index (Phi) is 5.85. The van der Waals surface area contributed by atoms with Crippen molar-refractivity contribution in [3.63, 3.8) is 0 Å². The Morgan fingerprint density at radius 2 is 2.00 bits per heavy atom. The molecule has 0 unspecified atom stereocenters. The molecule has 0 spiro atoms. The van der Waals surface area contributed by atoms with Crippen molar-refractivity contribution in [2.75, 3.05) is 20.2 Å². The number of ether oxygens (including phenoxy) is 1. The number of halogens is 1. The summed E-state index contributed by atoms with van der Waals surface area (Å²) in [6, 6.07) is 7.16. The number of benzene rings is 1. The number of nitrogens with zero attached hydrogens (tertiary/aromatic N) is 1. The van der Waals surface area contributed by atoms with Gasteiger partial charge in [-0.3, -0.25) is 9.59 Å². The van der Waals surface area contributed by atoms with E-state index < -0.39 is 5.97 Å². The molecule has 1 aromatic rings. The molecule has 1 amide bonds. The van der Waals surface area contributed by atoms with Gasteiger partial charge in [0.15, 0.2) is 0 Å². The van der Waals surface area contributed by atoms with Crippen molar-refractivity contribution in [3.05, 3.63) is 34.3 Å². The fraction of sp³-hybridized carbons (Fsp3) is 0.385. The van der Waals surface area contributed by atoms with Crippen LogP contribution >= 0.6 is 15.9 Å². The first-order chi connectivity index (χ1) is 8.60. The van der Waals surface area contributed by atoms with Crippen molar-refractivity contribution < 1.29 is 14.3 Å². The predicted molar refractivity (Wildman–Crippen MR) is 72.4 cm³/mol. The molecule has 0 heterocycles. The van der Waals surface area contributed by atoms with E-state index in [9.17, 15) is 9.59 Å². The largest absolute Gasteiger partial charge is 0.468 e. The molecule has 98 valence electrons. The van der Waals surface area contributed by atoms with Crippen molar-refractivity contribution in [1.82, 2.24) is 4.90 Å². The molecule has 4 nitrogen and oxygen atoms in total. The monoisotopic (exact) mass is 313 g/mol. The Bertz CT molecular complexity index is 434. The van der Waals surface area contributed by atoms with E-state index in [0.717, 1.165) is 10.9 Å². The van der Waals surface area contributed by atoms with Gasteiger partial charge in [-0.05, 0) is 34.5 Å². The summed E-state index contributed by atoms with van der Waals surface area (Å²) in [6.07, 6.45) is 0.785. The maximum absolute atomic E-state index is 12.3. The molecular weight excluding hydrogens is 298 g/mol. The molecule has 0 aliphatic carbocycles. The molecule has 0 aliphatic heterocycles. The zero-order valence-corrected chi connectivity index (χ0v) is 12.1. The summed E-state index contributed by atoms with van der Waals surface area (Å²) < 4.78 is 5.32. The minimum Gasteiger partial charge on any atom is -0.468 e. The van der Waals surface area contributed by atoms with E-state index in [-0.39, 0.29) is 12.5 Å². The SMILES string of the molecule is CCCN(CC(=O)OC)C(=O)c1ccccc1Br. The van der Waals surface area contributed by atoms with Crippen LogP contribution in [0.2, 0.25) is 0 Å². The maximum atomic E-state index is 12.3. The first kappa shape index (κ1) is 14.7. The van der Waals surface area contributed by atoms with E-state index in [1.54, 1.807) is 18.2 Å². The Hall–Kier alpha value is -1.36. The second-order valence-corrected chi connectivity index (χ2v) is 4.64. The van der Waals surface area contributed by atoms with Crippen LogP contribution in [0.5, 0.6) is 0 Å². The number of hydrogen-bond donors (Lipinski definition) is 0. The fourth-order valence-electron chi connectivity index (χ4n) is 1.55. The molecule has 0 atom stereocenters. The number of methoxy groups -OCH3 is 1. The van der Waals surface area contributed by atoms with Crippen LogP contribution in [0.15, 0.2) is 28.7 Å². The lowest BCUT2D eigenvalue weighted by molar-refractivity contribution is -0.141. The van der Waals surface area contributed by atoms with Crippen molar-refractivity contribution in [2.24, 2.45) is 0 Å². The molecule has 0 N–H and O–H groups in total. The van der Waals surface area contributed by atoms with Crippen LogP contribution in [0, 0.1) is 0 Å².